The van der Waals surface area contributed by atoms with E-state index < -0.39 is 4.92 Å². The van der Waals surface area contributed by atoms with Gasteiger partial charge in [-0.3, -0.25) is 10.1 Å². The van der Waals surface area contributed by atoms with Crippen molar-refractivity contribution in [2.24, 2.45) is 0 Å². The molecule has 110 valence electrons. The van der Waals surface area contributed by atoms with Crippen molar-refractivity contribution in [3.8, 4) is 5.75 Å². The van der Waals surface area contributed by atoms with Crippen LogP contribution >= 0.6 is 11.8 Å². The van der Waals surface area contributed by atoms with Gasteiger partial charge in [0.25, 0.3) is 0 Å². The molecule has 1 fully saturated rings. The van der Waals surface area contributed by atoms with Crippen molar-refractivity contribution in [1.29, 1.82) is 0 Å². The van der Waals surface area contributed by atoms with E-state index in [1.54, 1.807) is 12.1 Å². The van der Waals surface area contributed by atoms with E-state index in [2.05, 4.69) is 11.6 Å². The number of nitrogens with one attached hydrogen (secondary N) is 1. The molecule has 2 rings (SSSR count). The Bertz CT molecular complexity index is 487. The topological polar surface area (TPSA) is 64.4 Å². The van der Waals surface area contributed by atoms with E-state index in [1.807, 2.05) is 11.8 Å². The Labute approximate surface area is 123 Å². The summed E-state index contributed by atoms with van der Waals surface area (Å²) in [5.41, 5.74) is 0.867. The van der Waals surface area contributed by atoms with Crippen molar-refractivity contribution in [2.45, 2.75) is 30.4 Å². The van der Waals surface area contributed by atoms with Crippen LogP contribution in [0.4, 0.5) is 11.4 Å². The van der Waals surface area contributed by atoms with Crippen LogP contribution in [0.1, 0.15) is 25.7 Å². The molecule has 0 aliphatic heterocycles. The second kappa shape index (κ2) is 6.35. The molecule has 0 radical (unpaired) electrons. The van der Waals surface area contributed by atoms with Gasteiger partial charge in [-0.1, -0.05) is 12.8 Å². The number of rotatable bonds is 6. The lowest BCUT2D eigenvalue weighted by Crippen LogP contribution is -2.29. The number of hydrogen-bond donors (Lipinski definition) is 1. The van der Waals surface area contributed by atoms with Gasteiger partial charge in [-0.25, -0.2) is 0 Å². The van der Waals surface area contributed by atoms with E-state index in [9.17, 15) is 10.1 Å². The van der Waals surface area contributed by atoms with Gasteiger partial charge in [0.2, 0.25) is 0 Å². The summed E-state index contributed by atoms with van der Waals surface area (Å²) in [4.78, 5) is 10.4. The fraction of sp³-hybridized carbons (Fsp3) is 0.571. The van der Waals surface area contributed by atoms with Gasteiger partial charge in [-0.2, -0.15) is 11.8 Å². The molecule has 0 bridgehead atoms. The van der Waals surface area contributed by atoms with E-state index in [1.165, 1.54) is 38.9 Å². The lowest BCUT2D eigenvalue weighted by molar-refractivity contribution is -0.385. The number of ether oxygens (including phenoxy) is 1. The summed E-state index contributed by atoms with van der Waals surface area (Å²) in [5.74, 6) is 0.296. The van der Waals surface area contributed by atoms with E-state index in [0.29, 0.717) is 10.5 Å². The molecule has 0 unspecified atom stereocenters. The molecular formula is C14H20N2O3S. The maximum atomic E-state index is 10.9. The van der Waals surface area contributed by atoms with E-state index in [0.717, 1.165) is 12.2 Å². The molecule has 1 saturated carbocycles. The third-order valence-electron chi connectivity index (χ3n) is 3.94. The number of hydrogen-bond acceptors (Lipinski definition) is 5. The fourth-order valence-electron chi connectivity index (χ4n) is 2.67. The fourth-order valence-corrected chi connectivity index (χ4v) is 3.59. The van der Waals surface area contributed by atoms with Crippen molar-refractivity contribution in [1.82, 2.24) is 0 Å². The first kappa shape index (κ1) is 15.0. The zero-order valence-corrected chi connectivity index (χ0v) is 12.7. The second-order valence-electron chi connectivity index (χ2n) is 5.09. The van der Waals surface area contributed by atoms with Gasteiger partial charge < -0.3 is 10.1 Å². The molecule has 0 heterocycles. The number of nitro benzene ring substituents is 1. The third-order valence-corrected chi connectivity index (χ3v) is 5.36. The van der Waals surface area contributed by atoms with Crippen LogP contribution in [0.5, 0.6) is 5.75 Å². The minimum Gasteiger partial charge on any atom is -0.490 e. The van der Waals surface area contributed by atoms with Crippen molar-refractivity contribution >= 4 is 23.1 Å². The van der Waals surface area contributed by atoms with Gasteiger partial charge in [0.1, 0.15) is 0 Å². The highest BCUT2D eigenvalue weighted by molar-refractivity contribution is 8.00. The van der Waals surface area contributed by atoms with Crippen molar-refractivity contribution < 1.29 is 9.66 Å². The Balaban J connectivity index is 2.08. The maximum absolute atomic E-state index is 10.9. The number of anilines is 1. The molecule has 5 nitrogen and oxygen atoms in total. The van der Waals surface area contributed by atoms with E-state index in [4.69, 9.17) is 4.74 Å². The smallest absolute Gasteiger partial charge is 0.311 e. The average molecular weight is 296 g/mol. The summed E-state index contributed by atoms with van der Waals surface area (Å²) in [6.45, 7) is 0.884. The van der Waals surface area contributed by atoms with Gasteiger partial charge in [-0.05, 0) is 25.2 Å². The van der Waals surface area contributed by atoms with Gasteiger partial charge in [0.05, 0.1) is 12.0 Å². The largest absolute Gasteiger partial charge is 0.490 e. The molecule has 1 aliphatic carbocycles. The van der Waals surface area contributed by atoms with E-state index in [-0.39, 0.29) is 5.69 Å². The summed E-state index contributed by atoms with van der Waals surface area (Å²) in [7, 11) is 1.45. The minimum atomic E-state index is -0.428. The highest BCUT2D eigenvalue weighted by Crippen LogP contribution is 2.40. The Morgan fingerprint density at radius 2 is 2.15 bits per heavy atom. The molecule has 0 spiro atoms. The Morgan fingerprint density at radius 1 is 1.45 bits per heavy atom. The van der Waals surface area contributed by atoms with Crippen LogP contribution in [0.2, 0.25) is 0 Å². The highest BCUT2D eigenvalue weighted by Gasteiger charge is 2.32. The molecular weight excluding hydrogens is 276 g/mol. The van der Waals surface area contributed by atoms with Crippen LogP contribution in [-0.2, 0) is 0 Å². The predicted octanol–water partition coefficient (Wildman–Crippen LogP) is 3.69. The molecule has 1 aliphatic rings. The first-order valence-electron chi connectivity index (χ1n) is 6.72. The number of nitro groups is 1. The molecule has 0 aromatic heterocycles. The number of thioether (sulfide) groups is 1. The zero-order valence-electron chi connectivity index (χ0n) is 11.8. The number of benzene rings is 1. The number of methoxy groups -OCH3 is 1. The van der Waals surface area contributed by atoms with Crippen LogP contribution in [0, 0.1) is 10.1 Å². The first-order chi connectivity index (χ1) is 9.60. The summed E-state index contributed by atoms with van der Waals surface area (Å²) in [5, 5.41) is 14.3. The minimum absolute atomic E-state index is 0.00139. The lowest BCUT2D eigenvalue weighted by Gasteiger charge is -2.27. The van der Waals surface area contributed by atoms with Crippen molar-refractivity contribution in [3.05, 3.63) is 28.3 Å². The van der Waals surface area contributed by atoms with Gasteiger partial charge in [-0.15, -0.1) is 0 Å². The summed E-state index contributed by atoms with van der Waals surface area (Å²) < 4.78 is 5.38. The molecule has 6 heteroatoms. The predicted molar refractivity (Wildman–Crippen MR) is 82.9 cm³/mol. The molecule has 1 aromatic rings. The van der Waals surface area contributed by atoms with Crippen LogP contribution in [-0.4, -0.2) is 29.6 Å². The standard InChI is InChI=1S/C14H20N2O3S/c1-19-13-9-11(5-6-12(13)16(17)18)15-10-14(20-2)7-3-4-8-14/h5-6,9,15H,3-4,7-8,10H2,1-2H3. The maximum Gasteiger partial charge on any atom is 0.311 e. The summed E-state index contributed by atoms with van der Waals surface area (Å²) >= 11 is 1.92. The molecule has 1 aromatic carbocycles. The molecule has 0 amide bonds. The second-order valence-corrected chi connectivity index (χ2v) is 6.37. The molecule has 0 atom stereocenters. The Morgan fingerprint density at radius 3 is 2.70 bits per heavy atom. The van der Waals surface area contributed by atoms with Crippen LogP contribution < -0.4 is 10.1 Å². The average Bonchev–Trinajstić information content (AvgIpc) is 2.94. The quantitative estimate of drug-likeness (QED) is 0.640. The van der Waals surface area contributed by atoms with Crippen LogP contribution in [0.3, 0.4) is 0 Å². The summed E-state index contributed by atoms with van der Waals surface area (Å²) in [6, 6.07) is 4.92. The molecule has 0 saturated heterocycles. The van der Waals surface area contributed by atoms with Gasteiger partial charge in [0.15, 0.2) is 5.75 Å². The highest BCUT2D eigenvalue weighted by atomic mass is 32.2. The van der Waals surface area contributed by atoms with Crippen LogP contribution in [0.15, 0.2) is 18.2 Å². The monoisotopic (exact) mass is 296 g/mol. The van der Waals surface area contributed by atoms with Gasteiger partial charge in [0, 0.05) is 29.1 Å². The normalized spacial score (nSPS) is 16.9. The third kappa shape index (κ3) is 3.17. The van der Waals surface area contributed by atoms with Crippen LogP contribution in [0.25, 0.3) is 0 Å². The SMILES string of the molecule is COc1cc(NCC2(SC)CCCC2)ccc1[N+](=O)[O-]. The first-order valence-corrected chi connectivity index (χ1v) is 7.94. The number of nitrogens with zero attached hydrogens (tertiary/aromatic N) is 1. The Kier molecular flexibility index (Phi) is 4.75. The molecule has 20 heavy (non-hydrogen) atoms. The van der Waals surface area contributed by atoms with Crippen molar-refractivity contribution in [3.63, 3.8) is 0 Å². The van der Waals surface area contributed by atoms with Crippen molar-refractivity contribution in [2.75, 3.05) is 25.2 Å². The Hall–Kier alpha value is -1.43. The van der Waals surface area contributed by atoms with E-state index >= 15 is 0 Å². The van der Waals surface area contributed by atoms with Gasteiger partial charge >= 0.3 is 5.69 Å². The molecule has 1 N–H and O–H groups in total. The summed E-state index contributed by atoms with van der Waals surface area (Å²) in [6.07, 6.45) is 7.18. The zero-order chi connectivity index (χ0) is 14.6. The lowest BCUT2D eigenvalue weighted by atomic mass is 10.1.